The molecule has 7 heteroatoms. The average molecular weight is 335 g/mol. The maximum Gasteiger partial charge on any atom is 0.416 e. The Balaban J connectivity index is 2.35. The molecular formula is C15H20F3NO2S. The van der Waals surface area contributed by atoms with Gasteiger partial charge in [0, 0.05) is 0 Å². The Morgan fingerprint density at radius 3 is 2.45 bits per heavy atom. The minimum atomic E-state index is -4.54. The zero-order valence-electron chi connectivity index (χ0n) is 12.4. The third-order valence-electron chi connectivity index (χ3n) is 4.20. The summed E-state index contributed by atoms with van der Waals surface area (Å²) in [7, 11) is -3.76. The van der Waals surface area contributed by atoms with E-state index in [1.807, 2.05) is 0 Å². The predicted octanol–water partition coefficient (Wildman–Crippen LogP) is 3.26. The summed E-state index contributed by atoms with van der Waals surface area (Å²) in [5.74, 6) is -0.00853. The largest absolute Gasteiger partial charge is 0.416 e. The standard InChI is InChI=1S/C15H20F3NO2S/c1-2-14(11-6-8-19-9-7-11)22(20,21)13-5-3-4-12(10-13)15(16,17)18/h3-5,10-11,14,19H,2,6-9H2,1H3. The summed E-state index contributed by atoms with van der Waals surface area (Å²) in [6, 6.07) is 4.06. The molecule has 0 spiro atoms. The first-order chi connectivity index (χ1) is 10.3. The highest BCUT2D eigenvalue weighted by molar-refractivity contribution is 7.92. The molecule has 1 aliphatic heterocycles. The van der Waals surface area contributed by atoms with Crippen molar-refractivity contribution in [2.75, 3.05) is 13.1 Å². The fraction of sp³-hybridized carbons (Fsp3) is 0.600. The molecule has 1 atom stereocenters. The Hall–Kier alpha value is -1.08. The van der Waals surface area contributed by atoms with E-state index in [0.717, 1.165) is 44.1 Å². The Morgan fingerprint density at radius 2 is 1.91 bits per heavy atom. The predicted molar refractivity (Wildman–Crippen MR) is 78.3 cm³/mol. The van der Waals surface area contributed by atoms with Crippen LogP contribution in [-0.2, 0) is 16.0 Å². The van der Waals surface area contributed by atoms with Crippen molar-refractivity contribution in [2.24, 2.45) is 5.92 Å². The van der Waals surface area contributed by atoms with Crippen molar-refractivity contribution in [3.8, 4) is 0 Å². The minimum Gasteiger partial charge on any atom is -0.317 e. The number of rotatable bonds is 4. The van der Waals surface area contributed by atoms with Crippen molar-refractivity contribution in [3.63, 3.8) is 0 Å². The maximum absolute atomic E-state index is 12.8. The first kappa shape index (κ1) is 17.3. The van der Waals surface area contributed by atoms with Gasteiger partial charge in [-0.3, -0.25) is 0 Å². The van der Waals surface area contributed by atoms with Gasteiger partial charge >= 0.3 is 6.18 Å². The van der Waals surface area contributed by atoms with Crippen LogP contribution in [0.25, 0.3) is 0 Å². The van der Waals surface area contributed by atoms with Crippen molar-refractivity contribution in [3.05, 3.63) is 29.8 Å². The molecule has 3 nitrogen and oxygen atoms in total. The molecule has 0 bridgehead atoms. The lowest BCUT2D eigenvalue weighted by Crippen LogP contribution is -2.37. The van der Waals surface area contributed by atoms with Crippen molar-refractivity contribution >= 4 is 9.84 Å². The van der Waals surface area contributed by atoms with Gasteiger partial charge in [0.15, 0.2) is 9.84 Å². The summed E-state index contributed by atoms with van der Waals surface area (Å²) in [6.07, 6.45) is -2.67. The Morgan fingerprint density at radius 1 is 1.27 bits per heavy atom. The van der Waals surface area contributed by atoms with E-state index >= 15 is 0 Å². The number of halogens is 3. The molecule has 124 valence electrons. The topological polar surface area (TPSA) is 46.2 Å². The van der Waals surface area contributed by atoms with Gasteiger partial charge in [0.25, 0.3) is 0 Å². The molecule has 0 radical (unpaired) electrons. The number of nitrogens with one attached hydrogen (secondary N) is 1. The molecule has 0 amide bonds. The van der Waals surface area contributed by atoms with E-state index < -0.39 is 26.8 Å². The first-order valence-electron chi connectivity index (χ1n) is 7.38. The zero-order valence-corrected chi connectivity index (χ0v) is 13.2. The zero-order chi connectivity index (χ0) is 16.4. The number of hydrogen-bond acceptors (Lipinski definition) is 3. The van der Waals surface area contributed by atoms with E-state index in [9.17, 15) is 21.6 Å². The molecule has 1 aliphatic rings. The summed E-state index contributed by atoms with van der Waals surface area (Å²) in [5, 5.41) is 2.54. The highest BCUT2D eigenvalue weighted by Gasteiger charge is 2.36. The Bertz CT molecular complexity index is 607. The van der Waals surface area contributed by atoms with E-state index in [1.54, 1.807) is 6.92 Å². The number of piperidine rings is 1. The monoisotopic (exact) mass is 335 g/mol. The van der Waals surface area contributed by atoms with Crippen LogP contribution in [0.5, 0.6) is 0 Å². The van der Waals surface area contributed by atoms with Crippen LogP contribution in [0.3, 0.4) is 0 Å². The number of alkyl halides is 3. The van der Waals surface area contributed by atoms with Crippen LogP contribution < -0.4 is 5.32 Å². The van der Waals surface area contributed by atoms with E-state index in [-0.39, 0.29) is 10.8 Å². The maximum atomic E-state index is 12.8. The van der Waals surface area contributed by atoms with Crippen molar-refractivity contribution in [2.45, 2.75) is 42.5 Å². The lowest BCUT2D eigenvalue weighted by Gasteiger charge is -2.30. The first-order valence-corrected chi connectivity index (χ1v) is 8.93. The second-order valence-corrected chi connectivity index (χ2v) is 7.77. The van der Waals surface area contributed by atoms with Gasteiger partial charge in [-0.15, -0.1) is 0 Å². The molecule has 2 rings (SSSR count). The van der Waals surface area contributed by atoms with Crippen LogP contribution in [0.4, 0.5) is 13.2 Å². The van der Waals surface area contributed by atoms with Gasteiger partial charge in [-0.25, -0.2) is 8.42 Å². The Labute approximate surface area is 128 Å². The van der Waals surface area contributed by atoms with Crippen LogP contribution >= 0.6 is 0 Å². The summed E-state index contributed by atoms with van der Waals surface area (Å²) >= 11 is 0. The van der Waals surface area contributed by atoms with Gasteiger partial charge in [-0.2, -0.15) is 13.2 Å². The normalized spacial score (nSPS) is 19.1. The van der Waals surface area contributed by atoms with Crippen LogP contribution in [0.1, 0.15) is 31.7 Å². The lowest BCUT2D eigenvalue weighted by molar-refractivity contribution is -0.137. The van der Waals surface area contributed by atoms with Crippen LogP contribution in [0.2, 0.25) is 0 Å². The van der Waals surface area contributed by atoms with Crippen LogP contribution in [0, 0.1) is 5.92 Å². The smallest absolute Gasteiger partial charge is 0.317 e. The molecule has 22 heavy (non-hydrogen) atoms. The molecule has 1 heterocycles. The van der Waals surface area contributed by atoms with Crippen molar-refractivity contribution in [1.29, 1.82) is 0 Å². The number of benzene rings is 1. The highest BCUT2D eigenvalue weighted by Crippen LogP contribution is 2.34. The van der Waals surface area contributed by atoms with E-state index in [0.29, 0.717) is 6.42 Å². The van der Waals surface area contributed by atoms with Gasteiger partial charge < -0.3 is 5.32 Å². The van der Waals surface area contributed by atoms with Crippen molar-refractivity contribution in [1.82, 2.24) is 5.32 Å². The van der Waals surface area contributed by atoms with Gasteiger partial charge in [-0.1, -0.05) is 13.0 Å². The molecule has 1 saturated heterocycles. The average Bonchev–Trinajstić information content (AvgIpc) is 2.48. The van der Waals surface area contributed by atoms with Gasteiger partial charge in [0.05, 0.1) is 15.7 Å². The summed E-state index contributed by atoms with van der Waals surface area (Å²) in [4.78, 5) is -0.229. The lowest BCUT2D eigenvalue weighted by atomic mass is 9.93. The summed E-state index contributed by atoms with van der Waals surface area (Å²) in [5.41, 5.74) is -0.922. The summed E-state index contributed by atoms with van der Waals surface area (Å²) in [6.45, 7) is 3.27. The van der Waals surface area contributed by atoms with Gasteiger partial charge in [0.1, 0.15) is 0 Å². The SMILES string of the molecule is CCC(C1CCNCC1)S(=O)(=O)c1cccc(C(F)(F)F)c1. The van der Waals surface area contributed by atoms with Gasteiger partial charge in [-0.05, 0) is 56.5 Å². The Kier molecular flexibility index (Phi) is 5.17. The molecule has 1 aromatic carbocycles. The second kappa shape index (κ2) is 6.58. The molecule has 1 N–H and O–H groups in total. The fourth-order valence-electron chi connectivity index (χ4n) is 3.05. The van der Waals surface area contributed by atoms with E-state index in [2.05, 4.69) is 5.32 Å². The molecule has 1 aromatic rings. The van der Waals surface area contributed by atoms with Gasteiger partial charge in [0.2, 0.25) is 0 Å². The fourth-order valence-corrected chi connectivity index (χ4v) is 5.17. The van der Waals surface area contributed by atoms with E-state index in [1.165, 1.54) is 6.07 Å². The minimum absolute atomic E-state index is 0.00853. The molecular weight excluding hydrogens is 315 g/mol. The number of hydrogen-bond donors (Lipinski definition) is 1. The molecule has 0 saturated carbocycles. The quantitative estimate of drug-likeness (QED) is 0.919. The van der Waals surface area contributed by atoms with Crippen LogP contribution in [-0.4, -0.2) is 26.8 Å². The molecule has 0 aromatic heterocycles. The van der Waals surface area contributed by atoms with Crippen LogP contribution in [0.15, 0.2) is 29.2 Å². The van der Waals surface area contributed by atoms with Crippen molar-refractivity contribution < 1.29 is 21.6 Å². The third kappa shape index (κ3) is 3.63. The highest BCUT2D eigenvalue weighted by atomic mass is 32.2. The third-order valence-corrected chi connectivity index (χ3v) is 6.63. The molecule has 1 unspecified atom stereocenters. The second-order valence-electron chi connectivity index (χ2n) is 5.60. The molecule has 0 aliphatic carbocycles. The van der Waals surface area contributed by atoms with E-state index in [4.69, 9.17) is 0 Å². The molecule has 1 fully saturated rings. The summed E-state index contributed by atoms with van der Waals surface area (Å²) < 4.78 is 63.9. The number of sulfone groups is 1.